The molecule has 70 heavy (non-hydrogen) atoms. The van der Waals surface area contributed by atoms with Gasteiger partial charge in [0.15, 0.2) is 34.0 Å². The van der Waals surface area contributed by atoms with Crippen molar-refractivity contribution in [3.8, 4) is 22.8 Å². The van der Waals surface area contributed by atoms with Crippen molar-refractivity contribution in [2.24, 2.45) is 0 Å². The number of piperidine rings is 2. The van der Waals surface area contributed by atoms with Gasteiger partial charge in [-0.2, -0.15) is 0 Å². The number of nitrogens with zero attached hydrogens (tertiary/aromatic N) is 12. The van der Waals surface area contributed by atoms with Gasteiger partial charge in [0.1, 0.15) is 40.5 Å². The Morgan fingerprint density at radius 1 is 0.629 bits per heavy atom. The number of carbonyl (C=O) groups excluding carboxylic acids is 1. The van der Waals surface area contributed by atoms with Crippen LogP contribution in [0.2, 0.25) is 0 Å². The molecule has 1 amide bonds. The fourth-order valence-electron chi connectivity index (χ4n) is 9.30. The Morgan fingerprint density at radius 2 is 1.04 bits per heavy atom. The van der Waals surface area contributed by atoms with Gasteiger partial charge in [-0.1, -0.05) is 48.5 Å². The van der Waals surface area contributed by atoms with Crippen LogP contribution in [0.25, 0.3) is 45.1 Å². The van der Waals surface area contributed by atoms with Crippen molar-refractivity contribution in [2.45, 2.75) is 90.8 Å². The van der Waals surface area contributed by atoms with Crippen LogP contribution in [0, 0.1) is 25.5 Å². The molecule has 6 aromatic heterocycles. The molecule has 4 N–H and O–H groups in total. The summed E-state index contributed by atoms with van der Waals surface area (Å²) in [5, 5.41) is 0. The number of hydrogen-bond donors (Lipinski definition) is 2. The average Bonchev–Trinajstić information content (AvgIpc) is 3.88. The summed E-state index contributed by atoms with van der Waals surface area (Å²) in [6.45, 7) is 13.8. The van der Waals surface area contributed by atoms with Crippen molar-refractivity contribution >= 4 is 40.1 Å². The predicted octanol–water partition coefficient (Wildman–Crippen LogP) is 8.86. The summed E-state index contributed by atoms with van der Waals surface area (Å²) in [5.41, 5.74) is 19.9. The number of anilines is 2. The zero-order valence-corrected chi connectivity index (χ0v) is 40.4. The first kappa shape index (κ1) is 47.6. The van der Waals surface area contributed by atoms with Crippen LogP contribution < -0.4 is 11.5 Å². The smallest absolute Gasteiger partial charge is 0.410 e. The van der Waals surface area contributed by atoms with Crippen LogP contribution in [-0.4, -0.2) is 104 Å². The lowest BCUT2D eigenvalue weighted by Crippen LogP contribution is -2.41. The molecule has 0 unspecified atom stereocenters. The topological polar surface area (TPSA) is 198 Å². The van der Waals surface area contributed by atoms with Crippen LogP contribution in [0.15, 0.2) is 85.5 Å². The Kier molecular flexibility index (Phi) is 13.5. The fourth-order valence-corrected chi connectivity index (χ4v) is 9.30. The number of fused-ring (bicyclic) bond motifs is 2. The molecule has 362 valence electrons. The number of nitrogen functional groups attached to an aromatic ring is 2. The second kappa shape index (κ2) is 19.9. The molecule has 0 radical (unpaired) electrons. The van der Waals surface area contributed by atoms with Crippen LogP contribution in [-0.2, 0) is 17.8 Å². The largest absolute Gasteiger partial charge is 0.444 e. The van der Waals surface area contributed by atoms with Gasteiger partial charge in [-0.05, 0) is 127 Å². The zero-order chi connectivity index (χ0) is 49.3. The molecule has 2 fully saturated rings. The molecular formula is C52H58F2N14O2. The maximum Gasteiger partial charge on any atom is 0.410 e. The lowest BCUT2D eigenvalue weighted by molar-refractivity contribution is 0.0204. The molecule has 0 bridgehead atoms. The number of hydrogen-bond acceptors (Lipinski definition) is 13. The number of imidazole rings is 2. The van der Waals surface area contributed by atoms with Crippen LogP contribution in [0.4, 0.5) is 25.2 Å². The number of pyridine rings is 2. The van der Waals surface area contributed by atoms with E-state index in [1.54, 1.807) is 31.1 Å². The predicted molar refractivity (Wildman–Crippen MR) is 266 cm³/mol. The van der Waals surface area contributed by atoms with Gasteiger partial charge < -0.3 is 35.1 Å². The van der Waals surface area contributed by atoms with E-state index in [0.717, 1.165) is 43.3 Å². The number of aryl methyl sites for hydroxylation is 2. The molecule has 8 aromatic rings. The minimum absolute atomic E-state index is 0.247. The highest BCUT2D eigenvalue weighted by atomic mass is 19.1. The number of likely N-dealkylation sites (tertiary alicyclic amines) is 2. The highest BCUT2D eigenvalue weighted by Crippen LogP contribution is 2.33. The summed E-state index contributed by atoms with van der Waals surface area (Å²) in [6.07, 6.45) is 9.41. The lowest BCUT2D eigenvalue weighted by Gasteiger charge is -2.33. The summed E-state index contributed by atoms with van der Waals surface area (Å²) in [4.78, 5) is 51.5. The van der Waals surface area contributed by atoms with Crippen molar-refractivity contribution in [2.75, 3.05) is 44.7 Å². The van der Waals surface area contributed by atoms with Crippen molar-refractivity contribution in [1.82, 2.24) is 58.8 Å². The minimum Gasteiger partial charge on any atom is -0.444 e. The third kappa shape index (κ3) is 10.7. The Hall–Kier alpha value is -7.47. The third-order valence-corrected chi connectivity index (χ3v) is 12.8. The second-order valence-corrected chi connectivity index (χ2v) is 19.3. The van der Waals surface area contributed by atoms with E-state index >= 15 is 0 Å². The van der Waals surface area contributed by atoms with Gasteiger partial charge in [0.2, 0.25) is 0 Å². The molecule has 2 aliphatic heterocycles. The monoisotopic (exact) mass is 948 g/mol. The average molecular weight is 949 g/mol. The molecule has 16 nitrogen and oxygen atoms in total. The van der Waals surface area contributed by atoms with Crippen LogP contribution in [0.3, 0.4) is 0 Å². The van der Waals surface area contributed by atoms with Crippen LogP contribution in [0.5, 0.6) is 0 Å². The molecule has 2 aliphatic rings. The maximum atomic E-state index is 14.0. The highest BCUT2D eigenvalue weighted by Gasteiger charge is 2.28. The normalized spacial score (nSPS) is 15.1. The fraction of sp³-hybridized carbons (Fsp3) is 0.365. The molecule has 0 spiro atoms. The number of benzene rings is 2. The van der Waals surface area contributed by atoms with Crippen molar-refractivity contribution in [3.63, 3.8) is 0 Å². The first-order chi connectivity index (χ1) is 33.5. The first-order valence-electron chi connectivity index (χ1n) is 23.6. The molecule has 2 saturated heterocycles. The number of ether oxygens (including phenoxy) is 1. The van der Waals surface area contributed by atoms with E-state index in [2.05, 4.69) is 100 Å². The second-order valence-electron chi connectivity index (χ2n) is 19.3. The van der Waals surface area contributed by atoms with E-state index in [-0.39, 0.29) is 11.9 Å². The van der Waals surface area contributed by atoms with Crippen molar-refractivity contribution in [3.05, 3.63) is 131 Å². The van der Waals surface area contributed by atoms with Gasteiger partial charge in [0.05, 0.1) is 25.5 Å². The van der Waals surface area contributed by atoms with Crippen molar-refractivity contribution < 1.29 is 18.3 Å². The quantitative estimate of drug-likeness (QED) is 0.147. The standard InChI is InChI=1S/C28H32FN7O2.C24H26FN7/c1-17-32-24(30)23-26(33-17)36(25(34-23)21-13-22(29)15-31-14-21)16-18-5-7-19(8-6-18)20-9-11-35(12-10-20)27(37)38-28(2,3)4;1-15-28-22(26)21-24(29-15)32(23(30-21)19-11-20(25)13-27-12-19)14-16-3-5-17(6-4-16)18-7-9-31(2)10-8-18/h5-8,13-15,20H,9-12,16H2,1-4H3,(H2,30,32,33);3-6,11-13,18H,7-10,14H2,1-2H3,(H2,26,28,29). The number of nitrogens with two attached hydrogens (primary N) is 2. The van der Waals surface area contributed by atoms with Gasteiger partial charge in [0.25, 0.3) is 0 Å². The van der Waals surface area contributed by atoms with E-state index in [9.17, 15) is 13.6 Å². The minimum atomic E-state index is -0.494. The number of halogens is 2. The Labute approximate surface area is 405 Å². The van der Waals surface area contributed by atoms with E-state index in [1.807, 2.05) is 29.9 Å². The first-order valence-corrected chi connectivity index (χ1v) is 23.6. The molecular weight excluding hydrogens is 891 g/mol. The van der Waals surface area contributed by atoms with Crippen molar-refractivity contribution in [1.29, 1.82) is 0 Å². The molecule has 0 aliphatic carbocycles. The molecule has 18 heteroatoms. The molecule has 2 aromatic carbocycles. The summed E-state index contributed by atoms with van der Waals surface area (Å²) in [5.74, 6) is 2.91. The van der Waals surface area contributed by atoms with Crippen LogP contribution in [0.1, 0.15) is 92.2 Å². The Morgan fingerprint density at radius 3 is 1.44 bits per heavy atom. The highest BCUT2D eigenvalue weighted by molar-refractivity contribution is 5.86. The SMILES string of the molecule is Cc1nc(N)c2nc(-c3cncc(F)c3)n(Cc3ccc(C4CCN(C(=O)OC(C)(C)C)CC4)cc3)c2n1.Cc1nc(N)c2nc(-c3cncc(F)c3)n(Cc3ccc(C4CCN(C)CC4)cc3)c2n1. The van der Waals surface area contributed by atoms with Gasteiger partial charge in [-0.25, -0.2) is 43.5 Å². The molecule has 8 heterocycles. The maximum absolute atomic E-state index is 14.0. The summed E-state index contributed by atoms with van der Waals surface area (Å²) in [6, 6.07) is 20.0. The Bertz CT molecular complexity index is 3150. The third-order valence-electron chi connectivity index (χ3n) is 12.8. The zero-order valence-electron chi connectivity index (χ0n) is 40.4. The Balaban J connectivity index is 0.000000176. The van der Waals surface area contributed by atoms with Gasteiger partial charge in [-0.3, -0.25) is 9.97 Å². The lowest BCUT2D eigenvalue weighted by atomic mass is 9.89. The van der Waals surface area contributed by atoms with Gasteiger partial charge in [0, 0.05) is 36.6 Å². The van der Waals surface area contributed by atoms with E-state index in [1.165, 1.54) is 42.3 Å². The molecule has 10 rings (SSSR count). The number of carbonyl (C=O) groups is 1. The number of aromatic nitrogens is 10. The summed E-state index contributed by atoms with van der Waals surface area (Å²) >= 11 is 0. The van der Waals surface area contributed by atoms with Gasteiger partial charge in [-0.15, -0.1) is 0 Å². The number of rotatable bonds is 8. The van der Waals surface area contributed by atoms with E-state index in [0.29, 0.717) is 101 Å². The van der Waals surface area contributed by atoms with E-state index < -0.39 is 17.2 Å². The van der Waals surface area contributed by atoms with Crippen LogP contribution >= 0.6 is 0 Å². The van der Waals surface area contributed by atoms with Gasteiger partial charge >= 0.3 is 6.09 Å². The summed E-state index contributed by atoms with van der Waals surface area (Å²) < 4.78 is 37.3. The summed E-state index contributed by atoms with van der Waals surface area (Å²) in [7, 11) is 2.18. The molecule has 0 atom stereocenters. The number of amides is 1. The molecule has 0 saturated carbocycles. The van der Waals surface area contributed by atoms with E-state index in [4.69, 9.17) is 16.2 Å².